The number of nitrogens with zero attached hydrogens (tertiary/aromatic N) is 3. The van der Waals surface area contributed by atoms with Gasteiger partial charge in [-0.3, -0.25) is 9.98 Å². The van der Waals surface area contributed by atoms with E-state index in [0.717, 1.165) is 18.2 Å². The second-order valence-corrected chi connectivity index (χ2v) is 5.16. The summed E-state index contributed by atoms with van der Waals surface area (Å²) in [7, 11) is 5.85. The minimum Gasteiger partial charge on any atom is -0.378 e. The maximum absolute atomic E-state index is 4.28. The van der Waals surface area contributed by atoms with Crippen LogP contribution in [0.15, 0.2) is 53.7 Å². The Balaban J connectivity index is 1.87. The van der Waals surface area contributed by atoms with Gasteiger partial charge in [0, 0.05) is 39.6 Å². The molecule has 0 radical (unpaired) electrons. The summed E-state index contributed by atoms with van der Waals surface area (Å²) in [5.74, 6) is 0.765. The highest BCUT2D eigenvalue weighted by Crippen LogP contribution is 2.12. The molecule has 0 atom stereocenters. The lowest BCUT2D eigenvalue weighted by molar-refractivity contribution is 0.794. The Morgan fingerprint density at radius 2 is 1.91 bits per heavy atom. The molecule has 22 heavy (non-hydrogen) atoms. The van der Waals surface area contributed by atoms with Gasteiger partial charge in [0.25, 0.3) is 0 Å². The Hall–Kier alpha value is -2.56. The molecule has 0 amide bonds. The summed E-state index contributed by atoms with van der Waals surface area (Å²) in [5, 5.41) is 6.57. The van der Waals surface area contributed by atoms with Gasteiger partial charge in [0.05, 0.1) is 12.2 Å². The SMILES string of the molecule is CN=C(NCc1cccc(N(C)C)c1)NCc1ccccn1. The van der Waals surface area contributed by atoms with Crippen LogP contribution in [0.3, 0.4) is 0 Å². The van der Waals surface area contributed by atoms with Crippen molar-refractivity contribution in [3.8, 4) is 0 Å². The average molecular weight is 297 g/mol. The third-order valence-electron chi connectivity index (χ3n) is 3.27. The molecule has 0 fully saturated rings. The largest absolute Gasteiger partial charge is 0.378 e. The molecule has 1 aromatic heterocycles. The average Bonchev–Trinajstić information content (AvgIpc) is 2.56. The summed E-state index contributed by atoms with van der Waals surface area (Å²) in [6.45, 7) is 1.38. The molecule has 2 rings (SSSR count). The standard InChI is InChI=1S/C17H23N5/c1-18-17(21-13-15-8-4-5-10-19-15)20-12-14-7-6-9-16(11-14)22(2)3/h4-11H,12-13H2,1-3H3,(H2,18,20,21). The lowest BCUT2D eigenvalue weighted by Crippen LogP contribution is -2.36. The highest BCUT2D eigenvalue weighted by Gasteiger charge is 2.01. The van der Waals surface area contributed by atoms with E-state index < -0.39 is 0 Å². The Bertz CT molecular complexity index is 607. The van der Waals surface area contributed by atoms with Crippen LogP contribution in [0.25, 0.3) is 0 Å². The summed E-state index contributed by atoms with van der Waals surface area (Å²) >= 11 is 0. The minimum atomic E-state index is 0.651. The van der Waals surface area contributed by atoms with Crippen LogP contribution in [-0.2, 0) is 13.1 Å². The predicted molar refractivity (Wildman–Crippen MR) is 92.0 cm³/mol. The Kier molecular flexibility index (Phi) is 5.77. The fraction of sp³-hybridized carbons (Fsp3) is 0.294. The lowest BCUT2D eigenvalue weighted by atomic mass is 10.2. The molecule has 0 bridgehead atoms. The number of hydrogen-bond acceptors (Lipinski definition) is 3. The van der Waals surface area contributed by atoms with Gasteiger partial charge >= 0.3 is 0 Å². The van der Waals surface area contributed by atoms with Gasteiger partial charge in [-0.25, -0.2) is 0 Å². The first kappa shape index (κ1) is 15.8. The highest BCUT2D eigenvalue weighted by atomic mass is 15.2. The zero-order chi connectivity index (χ0) is 15.8. The van der Waals surface area contributed by atoms with Gasteiger partial charge in [-0.2, -0.15) is 0 Å². The van der Waals surface area contributed by atoms with Gasteiger partial charge in [-0.15, -0.1) is 0 Å². The molecule has 0 saturated carbocycles. The predicted octanol–water partition coefficient (Wildman–Crippen LogP) is 2.01. The summed E-state index contributed by atoms with van der Waals surface area (Å²) in [6, 6.07) is 14.3. The number of nitrogens with one attached hydrogen (secondary N) is 2. The number of aliphatic imine (C=N–C) groups is 1. The molecule has 0 aliphatic rings. The van der Waals surface area contributed by atoms with Crippen molar-refractivity contribution >= 4 is 11.6 Å². The van der Waals surface area contributed by atoms with Crippen molar-refractivity contribution < 1.29 is 0 Å². The van der Waals surface area contributed by atoms with Crippen molar-refractivity contribution in [2.45, 2.75) is 13.1 Å². The zero-order valence-electron chi connectivity index (χ0n) is 13.4. The van der Waals surface area contributed by atoms with E-state index in [0.29, 0.717) is 6.54 Å². The number of guanidine groups is 1. The Morgan fingerprint density at radius 3 is 2.59 bits per heavy atom. The van der Waals surface area contributed by atoms with Crippen molar-refractivity contribution in [2.24, 2.45) is 4.99 Å². The molecular formula is C17H23N5. The lowest BCUT2D eigenvalue weighted by Gasteiger charge is -2.15. The molecule has 1 heterocycles. The highest BCUT2D eigenvalue weighted by molar-refractivity contribution is 5.79. The third-order valence-corrected chi connectivity index (χ3v) is 3.27. The smallest absolute Gasteiger partial charge is 0.191 e. The first-order valence-corrected chi connectivity index (χ1v) is 7.29. The summed E-state index contributed by atoms with van der Waals surface area (Å²) < 4.78 is 0. The van der Waals surface area contributed by atoms with E-state index in [9.17, 15) is 0 Å². The van der Waals surface area contributed by atoms with Gasteiger partial charge < -0.3 is 15.5 Å². The van der Waals surface area contributed by atoms with Crippen LogP contribution in [-0.4, -0.2) is 32.1 Å². The van der Waals surface area contributed by atoms with Gasteiger partial charge in [-0.1, -0.05) is 18.2 Å². The maximum atomic E-state index is 4.28. The van der Waals surface area contributed by atoms with E-state index in [2.05, 4.69) is 49.8 Å². The van der Waals surface area contributed by atoms with Crippen molar-refractivity contribution in [1.82, 2.24) is 15.6 Å². The molecule has 116 valence electrons. The number of anilines is 1. The maximum Gasteiger partial charge on any atom is 0.191 e. The first-order valence-electron chi connectivity index (χ1n) is 7.29. The fourth-order valence-electron chi connectivity index (χ4n) is 2.03. The van der Waals surface area contributed by atoms with E-state index >= 15 is 0 Å². The quantitative estimate of drug-likeness (QED) is 0.655. The van der Waals surface area contributed by atoms with Crippen molar-refractivity contribution in [2.75, 3.05) is 26.0 Å². The zero-order valence-corrected chi connectivity index (χ0v) is 13.4. The van der Waals surface area contributed by atoms with Gasteiger partial charge in [0.2, 0.25) is 0 Å². The van der Waals surface area contributed by atoms with Crippen LogP contribution in [0, 0.1) is 0 Å². The monoisotopic (exact) mass is 297 g/mol. The number of hydrogen-bond donors (Lipinski definition) is 2. The minimum absolute atomic E-state index is 0.651. The number of benzene rings is 1. The molecule has 5 heteroatoms. The number of aromatic nitrogens is 1. The second-order valence-electron chi connectivity index (χ2n) is 5.16. The van der Waals surface area contributed by atoms with Gasteiger partial charge in [0.15, 0.2) is 5.96 Å². The molecule has 0 unspecified atom stereocenters. The fourth-order valence-corrected chi connectivity index (χ4v) is 2.03. The molecule has 0 spiro atoms. The third kappa shape index (κ3) is 4.77. The van der Waals surface area contributed by atoms with E-state index in [1.54, 1.807) is 13.2 Å². The van der Waals surface area contributed by atoms with E-state index in [1.807, 2.05) is 32.3 Å². The van der Waals surface area contributed by atoms with E-state index in [1.165, 1.54) is 11.3 Å². The molecule has 1 aromatic carbocycles. The second kappa shape index (κ2) is 8.02. The molecule has 5 nitrogen and oxygen atoms in total. The number of rotatable bonds is 5. The van der Waals surface area contributed by atoms with Crippen LogP contribution in [0.5, 0.6) is 0 Å². The van der Waals surface area contributed by atoms with Crippen LogP contribution < -0.4 is 15.5 Å². The molecule has 0 aliphatic heterocycles. The topological polar surface area (TPSA) is 52.6 Å². The Labute approximate surface area is 132 Å². The van der Waals surface area contributed by atoms with Crippen molar-refractivity contribution in [3.05, 3.63) is 59.9 Å². The molecule has 0 aliphatic carbocycles. The normalized spacial score (nSPS) is 11.1. The van der Waals surface area contributed by atoms with Crippen molar-refractivity contribution in [1.29, 1.82) is 0 Å². The van der Waals surface area contributed by atoms with Gasteiger partial charge in [0.1, 0.15) is 0 Å². The van der Waals surface area contributed by atoms with E-state index in [-0.39, 0.29) is 0 Å². The van der Waals surface area contributed by atoms with Gasteiger partial charge in [-0.05, 0) is 29.8 Å². The molecule has 0 saturated heterocycles. The Morgan fingerprint density at radius 1 is 1.09 bits per heavy atom. The first-order chi connectivity index (χ1) is 10.7. The molecular weight excluding hydrogens is 274 g/mol. The van der Waals surface area contributed by atoms with Crippen LogP contribution in [0.4, 0.5) is 5.69 Å². The number of pyridine rings is 1. The summed E-state index contributed by atoms with van der Waals surface area (Å²) in [5.41, 5.74) is 3.39. The summed E-state index contributed by atoms with van der Waals surface area (Å²) in [4.78, 5) is 10.6. The van der Waals surface area contributed by atoms with E-state index in [4.69, 9.17) is 0 Å². The molecule has 2 N–H and O–H groups in total. The van der Waals surface area contributed by atoms with Crippen LogP contribution in [0.2, 0.25) is 0 Å². The molecule has 2 aromatic rings. The van der Waals surface area contributed by atoms with Crippen molar-refractivity contribution in [3.63, 3.8) is 0 Å². The summed E-state index contributed by atoms with van der Waals surface area (Å²) in [6.07, 6.45) is 1.79. The van der Waals surface area contributed by atoms with Crippen LogP contribution >= 0.6 is 0 Å². The van der Waals surface area contributed by atoms with Crippen LogP contribution in [0.1, 0.15) is 11.3 Å².